The quantitative estimate of drug-likeness (QED) is 0.826. The summed E-state index contributed by atoms with van der Waals surface area (Å²) in [7, 11) is 0. The fraction of sp³-hybridized carbons (Fsp3) is 0.650. The third kappa shape index (κ3) is 2.35. The van der Waals surface area contributed by atoms with Crippen LogP contribution in [0.5, 0.6) is 0 Å². The van der Waals surface area contributed by atoms with Gasteiger partial charge in [-0.1, -0.05) is 6.92 Å². The minimum Gasteiger partial charge on any atom is -0.390 e. The minimum absolute atomic E-state index is 0.113. The van der Waals surface area contributed by atoms with Gasteiger partial charge in [0.05, 0.1) is 22.5 Å². The summed E-state index contributed by atoms with van der Waals surface area (Å²) in [6.45, 7) is 1.89. The summed E-state index contributed by atoms with van der Waals surface area (Å²) in [4.78, 5) is 21.4. The molecule has 5 aliphatic rings. The van der Waals surface area contributed by atoms with Gasteiger partial charge in [0, 0.05) is 31.3 Å². The second kappa shape index (κ2) is 5.37. The van der Waals surface area contributed by atoms with Crippen molar-refractivity contribution in [1.82, 2.24) is 4.98 Å². The molecule has 4 bridgehead atoms. The van der Waals surface area contributed by atoms with Gasteiger partial charge in [-0.05, 0) is 49.9 Å². The fourth-order valence-electron chi connectivity index (χ4n) is 5.98. The lowest BCUT2D eigenvalue weighted by atomic mass is 9.52. The number of aliphatic hydroxyl groups is 1. The van der Waals surface area contributed by atoms with Gasteiger partial charge in [0.15, 0.2) is 5.78 Å². The molecule has 4 fully saturated rings. The maximum Gasteiger partial charge on any atom is 0.166 e. The number of Topliss-reactive ketones (excluding diaryl/α,β-unsaturated/α-hetero) is 1. The molecule has 0 spiro atoms. The average Bonchev–Trinajstić information content (AvgIpc) is 3.04. The molecular weight excluding hydrogens is 314 g/mol. The lowest BCUT2D eigenvalue weighted by molar-refractivity contribution is -0.129. The molecule has 25 heavy (non-hydrogen) atoms. The smallest absolute Gasteiger partial charge is 0.166 e. The number of hydrogen-bond donors (Lipinski definition) is 2. The molecule has 0 amide bonds. The molecule has 5 nitrogen and oxygen atoms in total. The summed E-state index contributed by atoms with van der Waals surface area (Å²) in [5.41, 5.74) is 2.93. The molecule has 0 radical (unpaired) electrons. The maximum atomic E-state index is 12.5. The van der Waals surface area contributed by atoms with Crippen LogP contribution < -0.4 is 5.32 Å². The second-order valence-corrected chi connectivity index (χ2v) is 8.50. The highest BCUT2D eigenvalue weighted by molar-refractivity contribution is 6.04. The zero-order valence-electron chi connectivity index (χ0n) is 14.7. The number of anilines is 1. The van der Waals surface area contributed by atoms with Crippen molar-refractivity contribution < 1.29 is 9.90 Å². The van der Waals surface area contributed by atoms with Crippen molar-refractivity contribution in [1.29, 1.82) is 0 Å². The Morgan fingerprint density at radius 1 is 1.32 bits per heavy atom. The van der Waals surface area contributed by atoms with E-state index >= 15 is 0 Å². The zero-order chi connectivity index (χ0) is 17.2. The molecule has 132 valence electrons. The van der Waals surface area contributed by atoms with E-state index in [1.54, 1.807) is 6.20 Å². The number of carbonyl (C=O) groups is 1. The number of aromatic nitrogens is 1. The molecule has 0 aromatic carbocycles. The Labute approximate surface area is 148 Å². The van der Waals surface area contributed by atoms with Gasteiger partial charge in [0.25, 0.3) is 0 Å². The van der Waals surface area contributed by atoms with Gasteiger partial charge in [-0.3, -0.25) is 14.8 Å². The van der Waals surface area contributed by atoms with Crippen LogP contribution in [0.1, 0.15) is 61.5 Å². The number of aliphatic imine (C=N–C) groups is 1. The third-order valence-electron chi connectivity index (χ3n) is 6.81. The second-order valence-electron chi connectivity index (χ2n) is 8.50. The molecule has 1 aromatic heterocycles. The lowest BCUT2D eigenvalue weighted by Gasteiger charge is -2.58. The summed E-state index contributed by atoms with van der Waals surface area (Å²) in [6, 6.07) is 0.336. The number of nitrogens with one attached hydrogen (secondary N) is 1. The van der Waals surface area contributed by atoms with Gasteiger partial charge in [-0.15, -0.1) is 0 Å². The Kier molecular flexibility index (Phi) is 3.33. The summed E-state index contributed by atoms with van der Waals surface area (Å²) < 4.78 is 0. The van der Waals surface area contributed by atoms with Crippen LogP contribution in [0.3, 0.4) is 0 Å². The summed E-state index contributed by atoms with van der Waals surface area (Å²) in [6.07, 6.45) is 9.99. The number of fused-ring (bicyclic) bond motifs is 1. The van der Waals surface area contributed by atoms with Crippen LogP contribution in [0, 0.1) is 17.8 Å². The third-order valence-corrected chi connectivity index (χ3v) is 6.81. The van der Waals surface area contributed by atoms with Gasteiger partial charge in [-0.2, -0.15) is 0 Å². The molecule has 6 rings (SSSR count). The van der Waals surface area contributed by atoms with Crippen LogP contribution in [0.4, 0.5) is 11.4 Å². The fourth-order valence-corrected chi connectivity index (χ4v) is 5.98. The van der Waals surface area contributed by atoms with Crippen molar-refractivity contribution >= 4 is 23.4 Å². The largest absolute Gasteiger partial charge is 0.390 e. The van der Waals surface area contributed by atoms with E-state index in [2.05, 4.69) is 15.3 Å². The highest BCUT2D eigenvalue weighted by Crippen LogP contribution is 2.56. The van der Waals surface area contributed by atoms with Crippen molar-refractivity contribution in [3.05, 3.63) is 17.5 Å². The van der Waals surface area contributed by atoms with Crippen LogP contribution in [0.2, 0.25) is 0 Å². The maximum absolute atomic E-state index is 12.5. The van der Waals surface area contributed by atoms with Crippen molar-refractivity contribution in [3.63, 3.8) is 0 Å². The predicted molar refractivity (Wildman–Crippen MR) is 96.6 cm³/mol. The van der Waals surface area contributed by atoms with Crippen LogP contribution in [0.25, 0.3) is 0 Å². The van der Waals surface area contributed by atoms with Gasteiger partial charge in [-0.25, -0.2) is 0 Å². The first-order chi connectivity index (χ1) is 12.1. The number of ketones is 1. The van der Waals surface area contributed by atoms with Crippen LogP contribution >= 0.6 is 0 Å². The van der Waals surface area contributed by atoms with E-state index in [-0.39, 0.29) is 5.78 Å². The summed E-state index contributed by atoms with van der Waals surface area (Å²) in [5, 5.41) is 14.5. The van der Waals surface area contributed by atoms with Gasteiger partial charge < -0.3 is 10.4 Å². The molecular formula is C20H25N3O2. The highest BCUT2D eigenvalue weighted by Gasteiger charge is 2.54. The summed E-state index contributed by atoms with van der Waals surface area (Å²) in [5.74, 6) is 1.78. The highest BCUT2D eigenvalue weighted by atomic mass is 16.3. The Morgan fingerprint density at radius 2 is 2.08 bits per heavy atom. The van der Waals surface area contributed by atoms with E-state index < -0.39 is 5.60 Å². The number of rotatable bonds is 4. The van der Waals surface area contributed by atoms with E-state index in [1.807, 2.05) is 13.1 Å². The number of pyridine rings is 1. The molecule has 3 unspecified atom stereocenters. The average molecular weight is 339 g/mol. The van der Waals surface area contributed by atoms with E-state index in [1.165, 1.54) is 12.8 Å². The van der Waals surface area contributed by atoms with Crippen molar-refractivity contribution in [2.75, 3.05) is 5.32 Å². The van der Waals surface area contributed by atoms with Crippen LogP contribution in [-0.2, 0) is 6.42 Å². The normalized spacial score (nSPS) is 37.4. The Morgan fingerprint density at radius 3 is 2.76 bits per heavy atom. The molecule has 4 saturated carbocycles. The first-order valence-corrected chi connectivity index (χ1v) is 9.63. The van der Waals surface area contributed by atoms with E-state index in [0.29, 0.717) is 35.8 Å². The van der Waals surface area contributed by atoms with Crippen LogP contribution in [0.15, 0.2) is 11.2 Å². The lowest BCUT2D eigenvalue weighted by Crippen LogP contribution is -2.59. The van der Waals surface area contributed by atoms with E-state index in [4.69, 9.17) is 0 Å². The van der Waals surface area contributed by atoms with E-state index in [9.17, 15) is 9.90 Å². The van der Waals surface area contributed by atoms with Gasteiger partial charge in [0.2, 0.25) is 0 Å². The minimum atomic E-state index is -0.435. The number of carbonyl (C=O) groups excluding carboxylic acids is 1. The molecule has 1 aromatic rings. The molecule has 5 heteroatoms. The van der Waals surface area contributed by atoms with Gasteiger partial charge in [0.1, 0.15) is 5.69 Å². The zero-order valence-corrected chi connectivity index (χ0v) is 14.7. The van der Waals surface area contributed by atoms with E-state index in [0.717, 1.165) is 42.8 Å². The Balaban J connectivity index is 1.51. The standard InChI is InChI=1S/C20H25N3O2/c1-2-16(24)14-10-22-15-3-4-21-19(15)18(14)23-17-12-5-11-6-13(17)9-20(25,7-11)8-12/h4,10-13,17,25H,2-3,5-9H2,1H3,(H,22,23)/t11?,12-,13+,17?,20?. The molecule has 2 heterocycles. The number of nitrogens with zero attached hydrogens (tertiary/aromatic N) is 2. The first kappa shape index (κ1) is 15.5. The van der Waals surface area contributed by atoms with Gasteiger partial charge >= 0.3 is 0 Å². The molecule has 1 aliphatic heterocycles. The summed E-state index contributed by atoms with van der Waals surface area (Å²) >= 11 is 0. The molecule has 2 N–H and O–H groups in total. The number of hydrogen-bond acceptors (Lipinski definition) is 5. The SMILES string of the molecule is CCC(=O)c1cnc2c(c1NC1[C@@H]3CC4C[C@H]1CC(O)(C4)C3)N=CC2. The van der Waals surface area contributed by atoms with Crippen molar-refractivity contribution in [2.24, 2.45) is 22.7 Å². The Hall–Kier alpha value is -1.75. The molecule has 4 aliphatic carbocycles. The predicted octanol–water partition coefficient (Wildman–Crippen LogP) is 3.28. The molecule has 0 saturated heterocycles. The van der Waals surface area contributed by atoms with Crippen molar-refractivity contribution in [3.8, 4) is 0 Å². The monoisotopic (exact) mass is 339 g/mol. The van der Waals surface area contributed by atoms with Crippen molar-refractivity contribution in [2.45, 2.75) is 63.5 Å². The Bertz CT molecular complexity index is 756. The first-order valence-electron chi connectivity index (χ1n) is 9.63. The molecule has 5 atom stereocenters. The topological polar surface area (TPSA) is 74.6 Å². The van der Waals surface area contributed by atoms with Crippen LogP contribution in [-0.4, -0.2) is 33.7 Å².